The van der Waals surface area contributed by atoms with Crippen LogP contribution in [-0.2, 0) is 0 Å². The third-order valence-electron chi connectivity index (χ3n) is 2.37. The molecule has 0 bridgehead atoms. The van der Waals surface area contributed by atoms with Crippen molar-refractivity contribution in [1.82, 2.24) is 4.90 Å². The first-order valence-electron chi connectivity index (χ1n) is 4.54. The monoisotopic (exact) mass is 275 g/mol. The van der Waals surface area contributed by atoms with E-state index >= 15 is 0 Å². The number of alkyl halides is 1. The van der Waals surface area contributed by atoms with E-state index in [0.29, 0.717) is 5.88 Å². The van der Waals surface area contributed by atoms with Gasteiger partial charge in [0.2, 0.25) is 0 Å². The van der Waals surface area contributed by atoms with E-state index in [2.05, 4.69) is 46.0 Å². The van der Waals surface area contributed by atoms with Gasteiger partial charge in [-0.2, -0.15) is 0 Å². The van der Waals surface area contributed by atoms with E-state index in [1.165, 1.54) is 11.1 Å². The molecule has 1 rings (SSSR count). The van der Waals surface area contributed by atoms with E-state index in [4.69, 9.17) is 11.6 Å². The van der Waals surface area contributed by atoms with Crippen molar-refractivity contribution >= 4 is 27.5 Å². The van der Waals surface area contributed by atoms with Crippen molar-refractivity contribution < 1.29 is 0 Å². The molecule has 0 aliphatic carbocycles. The lowest BCUT2D eigenvalue weighted by molar-refractivity contribution is 0.323. The quantitative estimate of drug-likeness (QED) is 0.763. The number of hydrogen-bond acceptors (Lipinski definition) is 1. The minimum Gasteiger partial charge on any atom is -0.301 e. The maximum Gasteiger partial charge on any atom is 0.0480 e. The molecule has 0 aliphatic rings. The van der Waals surface area contributed by atoms with Crippen LogP contribution in [0.3, 0.4) is 0 Å². The standard InChI is InChI=1S/C11H15BrClN/c1-8-4-5-9(12)6-10(8)11(7-13)14(2)3/h4-6,11H,7H2,1-3H3. The summed E-state index contributed by atoms with van der Waals surface area (Å²) in [6.45, 7) is 2.12. The van der Waals surface area contributed by atoms with Crippen LogP contribution in [0, 0.1) is 6.92 Å². The number of aryl methyl sites for hydroxylation is 1. The summed E-state index contributed by atoms with van der Waals surface area (Å²) < 4.78 is 1.11. The molecular formula is C11H15BrClN. The number of benzene rings is 1. The van der Waals surface area contributed by atoms with E-state index in [9.17, 15) is 0 Å². The predicted molar refractivity (Wildman–Crippen MR) is 66.0 cm³/mol. The Morgan fingerprint density at radius 2 is 2.07 bits per heavy atom. The highest BCUT2D eigenvalue weighted by atomic mass is 79.9. The number of rotatable bonds is 3. The van der Waals surface area contributed by atoms with E-state index < -0.39 is 0 Å². The molecule has 0 aromatic heterocycles. The maximum absolute atomic E-state index is 5.96. The van der Waals surface area contributed by atoms with Crippen LogP contribution in [0.4, 0.5) is 0 Å². The van der Waals surface area contributed by atoms with E-state index in [1.54, 1.807) is 0 Å². The highest BCUT2D eigenvalue weighted by Gasteiger charge is 2.14. The van der Waals surface area contributed by atoms with Crippen LogP contribution in [0.2, 0.25) is 0 Å². The molecule has 0 spiro atoms. The lowest BCUT2D eigenvalue weighted by Crippen LogP contribution is -2.22. The Labute approximate surface area is 99.2 Å². The van der Waals surface area contributed by atoms with Gasteiger partial charge in [0.1, 0.15) is 0 Å². The topological polar surface area (TPSA) is 3.24 Å². The van der Waals surface area contributed by atoms with Gasteiger partial charge in [0.25, 0.3) is 0 Å². The predicted octanol–water partition coefficient (Wildman–Crippen LogP) is 3.60. The summed E-state index contributed by atoms with van der Waals surface area (Å²) in [5.41, 5.74) is 2.58. The molecule has 0 saturated carbocycles. The van der Waals surface area contributed by atoms with E-state index in [0.717, 1.165) is 4.47 Å². The van der Waals surface area contributed by atoms with Gasteiger partial charge < -0.3 is 4.90 Å². The van der Waals surface area contributed by atoms with Gasteiger partial charge >= 0.3 is 0 Å². The van der Waals surface area contributed by atoms with Crippen LogP contribution in [0.25, 0.3) is 0 Å². The van der Waals surface area contributed by atoms with Crippen LogP contribution in [-0.4, -0.2) is 24.9 Å². The summed E-state index contributed by atoms with van der Waals surface area (Å²) in [6, 6.07) is 6.60. The summed E-state index contributed by atoms with van der Waals surface area (Å²) in [5.74, 6) is 0.615. The first-order valence-corrected chi connectivity index (χ1v) is 5.87. The summed E-state index contributed by atoms with van der Waals surface area (Å²) >= 11 is 9.45. The lowest BCUT2D eigenvalue weighted by Gasteiger charge is -2.24. The van der Waals surface area contributed by atoms with Crippen molar-refractivity contribution in [2.75, 3.05) is 20.0 Å². The smallest absolute Gasteiger partial charge is 0.0480 e. The Bertz CT molecular complexity index is 312. The molecule has 1 unspecified atom stereocenters. The van der Waals surface area contributed by atoms with Gasteiger partial charge in [-0.25, -0.2) is 0 Å². The Kier molecular flexibility index (Phi) is 4.42. The van der Waals surface area contributed by atoms with Crippen molar-refractivity contribution in [3.8, 4) is 0 Å². The average molecular weight is 277 g/mol. The fraction of sp³-hybridized carbons (Fsp3) is 0.455. The van der Waals surface area contributed by atoms with Gasteiger partial charge in [0, 0.05) is 16.4 Å². The molecule has 78 valence electrons. The molecule has 0 N–H and O–H groups in total. The molecule has 1 aromatic rings. The van der Waals surface area contributed by atoms with Gasteiger partial charge in [0.05, 0.1) is 0 Å². The van der Waals surface area contributed by atoms with Crippen molar-refractivity contribution in [2.45, 2.75) is 13.0 Å². The maximum atomic E-state index is 5.96. The Morgan fingerprint density at radius 1 is 1.43 bits per heavy atom. The van der Waals surface area contributed by atoms with Gasteiger partial charge in [-0.15, -0.1) is 11.6 Å². The van der Waals surface area contributed by atoms with Crippen molar-refractivity contribution in [3.05, 3.63) is 33.8 Å². The Balaban J connectivity index is 3.08. The lowest BCUT2D eigenvalue weighted by atomic mass is 10.0. The molecule has 14 heavy (non-hydrogen) atoms. The average Bonchev–Trinajstić information content (AvgIpc) is 2.11. The zero-order chi connectivity index (χ0) is 10.7. The second kappa shape index (κ2) is 5.15. The third kappa shape index (κ3) is 2.72. The number of nitrogens with zero attached hydrogens (tertiary/aromatic N) is 1. The van der Waals surface area contributed by atoms with Crippen molar-refractivity contribution in [2.24, 2.45) is 0 Å². The normalized spacial score (nSPS) is 13.3. The minimum absolute atomic E-state index is 0.286. The van der Waals surface area contributed by atoms with Gasteiger partial charge in [0.15, 0.2) is 0 Å². The summed E-state index contributed by atoms with van der Waals surface area (Å²) in [4.78, 5) is 2.14. The molecule has 0 aliphatic heterocycles. The van der Waals surface area contributed by atoms with Crippen molar-refractivity contribution in [1.29, 1.82) is 0 Å². The number of hydrogen-bond donors (Lipinski definition) is 0. The molecule has 0 saturated heterocycles. The highest BCUT2D eigenvalue weighted by molar-refractivity contribution is 9.10. The molecule has 0 heterocycles. The fourth-order valence-corrected chi connectivity index (χ4v) is 2.29. The van der Waals surface area contributed by atoms with E-state index in [1.807, 2.05) is 14.1 Å². The molecule has 1 aromatic carbocycles. The van der Waals surface area contributed by atoms with Crippen LogP contribution >= 0.6 is 27.5 Å². The third-order valence-corrected chi connectivity index (χ3v) is 3.16. The second-order valence-corrected chi connectivity index (χ2v) is 4.86. The minimum atomic E-state index is 0.286. The Morgan fingerprint density at radius 3 is 2.57 bits per heavy atom. The van der Waals surface area contributed by atoms with Crippen LogP contribution in [0.15, 0.2) is 22.7 Å². The molecule has 1 nitrogen and oxygen atoms in total. The summed E-state index contributed by atoms with van der Waals surface area (Å²) in [7, 11) is 4.10. The van der Waals surface area contributed by atoms with Crippen molar-refractivity contribution in [3.63, 3.8) is 0 Å². The zero-order valence-electron chi connectivity index (χ0n) is 8.72. The largest absolute Gasteiger partial charge is 0.301 e. The fourth-order valence-electron chi connectivity index (χ4n) is 1.47. The molecule has 1 atom stereocenters. The number of halogens is 2. The summed E-state index contributed by atoms with van der Waals surface area (Å²) in [6.07, 6.45) is 0. The summed E-state index contributed by atoms with van der Waals surface area (Å²) in [5, 5.41) is 0. The first-order chi connectivity index (χ1) is 6.56. The second-order valence-electron chi connectivity index (χ2n) is 3.63. The molecule has 0 radical (unpaired) electrons. The van der Waals surface area contributed by atoms with E-state index in [-0.39, 0.29) is 6.04 Å². The van der Waals surface area contributed by atoms with Gasteiger partial charge in [-0.05, 0) is 44.3 Å². The first kappa shape index (κ1) is 12.0. The van der Waals surface area contributed by atoms with Gasteiger partial charge in [-0.3, -0.25) is 0 Å². The molecule has 0 amide bonds. The van der Waals surface area contributed by atoms with Crippen LogP contribution in [0.5, 0.6) is 0 Å². The molecule has 0 fully saturated rings. The zero-order valence-corrected chi connectivity index (χ0v) is 11.1. The Hall–Kier alpha value is -0.0500. The van der Waals surface area contributed by atoms with Gasteiger partial charge in [-0.1, -0.05) is 22.0 Å². The SMILES string of the molecule is Cc1ccc(Br)cc1C(CCl)N(C)C. The van der Waals surface area contributed by atoms with Crippen LogP contribution in [0.1, 0.15) is 17.2 Å². The van der Waals surface area contributed by atoms with Crippen LogP contribution < -0.4 is 0 Å². The molecule has 3 heteroatoms. The molecular weight excluding hydrogens is 261 g/mol. The highest BCUT2D eigenvalue weighted by Crippen LogP contribution is 2.26.